The number of ether oxygens (including phenoxy) is 2. The SMILES string of the molecule is CCOC(=O)OC(=O)O. The van der Waals surface area contributed by atoms with Gasteiger partial charge >= 0.3 is 12.3 Å². The first-order valence-corrected chi connectivity index (χ1v) is 2.24. The Morgan fingerprint density at radius 2 is 2.11 bits per heavy atom. The van der Waals surface area contributed by atoms with Gasteiger partial charge in [0.05, 0.1) is 6.61 Å². The van der Waals surface area contributed by atoms with E-state index in [1.807, 2.05) is 0 Å². The van der Waals surface area contributed by atoms with Crippen LogP contribution in [0.25, 0.3) is 0 Å². The zero-order valence-corrected chi connectivity index (χ0v) is 4.79. The molecule has 0 saturated carbocycles. The van der Waals surface area contributed by atoms with Crippen LogP contribution < -0.4 is 0 Å². The van der Waals surface area contributed by atoms with Crippen LogP contribution in [0.15, 0.2) is 0 Å². The lowest BCUT2D eigenvalue weighted by atomic mass is 10.9. The smallest absolute Gasteiger partial charge is 0.449 e. The number of carbonyl (C=O) groups excluding carboxylic acids is 1. The summed E-state index contributed by atoms with van der Waals surface area (Å²) in [5, 5.41) is 7.79. The normalized spacial score (nSPS) is 8.11. The molecule has 0 spiro atoms. The summed E-state index contributed by atoms with van der Waals surface area (Å²) in [6, 6.07) is 0. The summed E-state index contributed by atoms with van der Waals surface area (Å²) < 4.78 is 7.66. The van der Waals surface area contributed by atoms with E-state index in [-0.39, 0.29) is 6.61 Å². The van der Waals surface area contributed by atoms with Crippen LogP contribution in [0.5, 0.6) is 0 Å². The Labute approximate surface area is 51.2 Å². The predicted molar refractivity (Wildman–Crippen MR) is 26.1 cm³/mol. The molecule has 5 heteroatoms. The summed E-state index contributed by atoms with van der Waals surface area (Å²) in [4.78, 5) is 19.6. The number of hydrogen-bond donors (Lipinski definition) is 1. The third kappa shape index (κ3) is 4.60. The maximum absolute atomic E-state index is 10.0. The Kier molecular flexibility index (Phi) is 3.19. The van der Waals surface area contributed by atoms with Crippen molar-refractivity contribution in [1.82, 2.24) is 0 Å². The van der Waals surface area contributed by atoms with Crippen molar-refractivity contribution in [2.75, 3.05) is 6.61 Å². The van der Waals surface area contributed by atoms with E-state index in [1.165, 1.54) is 0 Å². The number of hydrogen-bond acceptors (Lipinski definition) is 4. The Balaban J connectivity index is 3.39. The molecule has 0 amide bonds. The number of carboxylic acid groups (broad SMARTS) is 1. The van der Waals surface area contributed by atoms with Crippen molar-refractivity contribution in [3.63, 3.8) is 0 Å². The van der Waals surface area contributed by atoms with Gasteiger partial charge in [-0.1, -0.05) is 0 Å². The first-order chi connectivity index (χ1) is 4.16. The highest BCUT2D eigenvalue weighted by Crippen LogP contribution is 1.83. The third-order valence-corrected chi connectivity index (χ3v) is 0.433. The molecule has 9 heavy (non-hydrogen) atoms. The van der Waals surface area contributed by atoms with E-state index in [0.29, 0.717) is 0 Å². The first-order valence-electron chi connectivity index (χ1n) is 2.24. The lowest BCUT2D eigenvalue weighted by Crippen LogP contribution is -2.11. The molecule has 0 atom stereocenters. The molecule has 0 saturated heterocycles. The number of carbonyl (C=O) groups is 2. The fourth-order valence-corrected chi connectivity index (χ4v) is 0.219. The highest BCUT2D eigenvalue weighted by Gasteiger charge is 2.06. The average Bonchev–Trinajstić information content (AvgIpc) is 1.63. The van der Waals surface area contributed by atoms with Crippen molar-refractivity contribution in [3.05, 3.63) is 0 Å². The van der Waals surface area contributed by atoms with Crippen molar-refractivity contribution in [1.29, 1.82) is 0 Å². The molecule has 5 nitrogen and oxygen atoms in total. The van der Waals surface area contributed by atoms with Crippen molar-refractivity contribution in [3.8, 4) is 0 Å². The molecule has 0 bridgehead atoms. The van der Waals surface area contributed by atoms with Crippen LogP contribution in [0.1, 0.15) is 6.92 Å². The van der Waals surface area contributed by atoms with Crippen LogP contribution in [0.3, 0.4) is 0 Å². The third-order valence-electron chi connectivity index (χ3n) is 0.433. The highest BCUT2D eigenvalue weighted by molar-refractivity contribution is 5.75. The lowest BCUT2D eigenvalue weighted by molar-refractivity contribution is 0.0576. The lowest BCUT2D eigenvalue weighted by Gasteiger charge is -1.95. The quantitative estimate of drug-likeness (QED) is 0.424. The summed E-state index contributed by atoms with van der Waals surface area (Å²) in [6.07, 6.45) is -2.85. The van der Waals surface area contributed by atoms with Gasteiger partial charge < -0.3 is 14.6 Å². The van der Waals surface area contributed by atoms with Crippen molar-refractivity contribution in [2.45, 2.75) is 6.92 Å². The summed E-state index contributed by atoms with van der Waals surface area (Å²) in [5.41, 5.74) is 0. The minimum absolute atomic E-state index is 0.103. The molecule has 0 aliphatic carbocycles. The Hall–Kier alpha value is -1.26. The van der Waals surface area contributed by atoms with E-state index in [4.69, 9.17) is 5.11 Å². The van der Waals surface area contributed by atoms with Gasteiger partial charge in [-0.3, -0.25) is 0 Å². The largest absolute Gasteiger partial charge is 0.518 e. The fourth-order valence-electron chi connectivity index (χ4n) is 0.219. The second-order valence-corrected chi connectivity index (χ2v) is 1.05. The van der Waals surface area contributed by atoms with Crippen LogP contribution in [0.2, 0.25) is 0 Å². The first kappa shape index (κ1) is 7.74. The zero-order valence-electron chi connectivity index (χ0n) is 4.79. The molecule has 0 fully saturated rings. The standard InChI is InChI=1S/C4H6O5/c1-2-8-4(7)9-3(5)6/h2H2,1H3,(H,5,6). The van der Waals surface area contributed by atoms with Gasteiger partial charge in [0.1, 0.15) is 0 Å². The maximum Gasteiger partial charge on any atom is 0.518 e. The minimum Gasteiger partial charge on any atom is -0.449 e. The molecule has 0 rings (SSSR count). The van der Waals surface area contributed by atoms with E-state index < -0.39 is 12.3 Å². The van der Waals surface area contributed by atoms with Crippen LogP contribution in [-0.2, 0) is 9.47 Å². The minimum atomic E-state index is -1.66. The molecule has 1 N–H and O–H groups in total. The molecule has 0 unspecified atom stereocenters. The molecule has 0 aliphatic heterocycles. The van der Waals surface area contributed by atoms with Crippen molar-refractivity contribution >= 4 is 12.3 Å². The van der Waals surface area contributed by atoms with E-state index in [1.54, 1.807) is 6.92 Å². The van der Waals surface area contributed by atoms with Crippen LogP contribution in [0, 0.1) is 0 Å². The van der Waals surface area contributed by atoms with Gasteiger partial charge in [0.25, 0.3) is 0 Å². The monoisotopic (exact) mass is 134 g/mol. The van der Waals surface area contributed by atoms with Gasteiger partial charge in [0, 0.05) is 0 Å². The molecular formula is C4H6O5. The van der Waals surface area contributed by atoms with Crippen LogP contribution in [0.4, 0.5) is 9.59 Å². The maximum atomic E-state index is 10.0. The Bertz CT molecular complexity index is 118. The van der Waals surface area contributed by atoms with E-state index in [0.717, 1.165) is 0 Å². The van der Waals surface area contributed by atoms with Crippen LogP contribution >= 0.6 is 0 Å². The van der Waals surface area contributed by atoms with Crippen molar-refractivity contribution in [2.24, 2.45) is 0 Å². The second kappa shape index (κ2) is 3.71. The van der Waals surface area contributed by atoms with Gasteiger partial charge in [0.15, 0.2) is 0 Å². The Morgan fingerprint density at radius 3 is 2.44 bits per heavy atom. The van der Waals surface area contributed by atoms with Crippen molar-refractivity contribution < 1.29 is 24.2 Å². The topological polar surface area (TPSA) is 72.8 Å². The van der Waals surface area contributed by atoms with E-state index >= 15 is 0 Å². The average molecular weight is 134 g/mol. The molecule has 0 aliphatic rings. The number of rotatable bonds is 1. The summed E-state index contributed by atoms with van der Waals surface area (Å²) in [6.45, 7) is 1.65. The van der Waals surface area contributed by atoms with E-state index in [9.17, 15) is 9.59 Å². The van der Waals surface area contributed by atoms with Gasteiger partial charge in [-0.15, -0.1) is 0 Å². The summed E-state index contributed by atoms with van der Waals surface area (Å²) in [5.74, 6) is 0. The summed E-state index contributed by atoms with van der Waals surface area (Å²) >= 11 is 0. The zero-order chi connectivity index (χ0) is 7.28. The summed E-state index contributed by atoms with van der Waals surface area (Å²) in [7, 11) is 0. The molecule has 0 radical (unpaired) electrons. The van der Waals surface area contributed by atoms with Gasteiger partial charge in [0.2, 0.25) is 0 Å². The second-order valence-electron chi connectivity index (χ2n) is 1.05. The fraction of sp³-hybridized carbons (Fsp3) is 0.500. The molecule has 52 valence electrons. The molecule has 0 aromatic rings. The molecule has 0 heterocycles. The molecule has 0 aromatic heterocycles. The van der Waals surface area contributed by atoms with Gasteiger partial charge in [-0.25, -0.2) is 9.59 Å². The van der Waals surface area contributed by atoms with Gasteiger partial charge in [-0.2, -0.15) is 0 Å². The van der Waals surface area contributed by atoms with Crippen LogP contribution in [-0.4, -0.2) is 24.0 Å². The van der Waals surface area contributed by atoms with Gasteiger partial charge in [-0.05, 0) is 6.92 Å². The highest BCUT2D eigenvalue weighted by atomic mass is 16.8. The molecular weight excluding hydrogens is 128 g/mol. The van der Waals surface area contributed by atoms with E-state index in [2.05, 4.69) is 9.47 Å². The Morgan fingerprint density at radius 1 is 1.56 bits per heavy atom. The predicted octanol–water partition coefficient (Wildman–Crippen LogP) is 0.838. The molecule has 0 aromatic carbocycles.